The Morgan fingerprint density at radius 3 is 2.59 bits per heavy atom. The van der Waals surface area contributed by atoms with Gasteiger partial charge in [0.15, 0.2) is 0 Å². The molecule has 0 aliphatic carbocycles. The van der Waals surface area contributed by atoms with Gasteiger partial charge in [0.2, 0.25) is 5.95 Å². The van der Waals surface area contributed by atoms with E-state index in [0.717, 1.165) is 18.1 Å². The molecule has 0 bridgehead atoms. The Balaban J connectivity index is 1.61. The van der Waals surface area contributed by atoms with Crippen LogP contribution < -0.4 is 4.90 Å². The van der Waals surface area contributed by atoms with E-state index >= 15 is 0 Å². The van der Waals surface area contributed by atoms with E-state index in [1.54, 1.807) is 6.07 Å². The van der Waals surface area contributed by atoms with E-state index in [1.165, 1.54) is 23.4 Å². The van der Waals surface area contributed by atoms with Gasteiger partial charge in [-0.15, -0.1) is 0 Å². The number of hydrogen-bond acceptors (Lipinski definition) is 4. The quantitative estimate of drug-likeness (QED) is 0.458. The van der Waals surface area contributed by atoms with Gasteiger partial charge in [-0.1, -0.05) is 60.7 Å². The number of imidazole rings is 1. The summed E-state index contributed by atoms with van der Waals surface area (Å²) in [6.45, 7) is 1.28. The number of rotatable bonds is 6. The first-order valence-electron chi connectivity index (χ1n) is 9.52. The molecular weight excluding hydrogens is 362 g/mol. The average molecular weight is 385 g/mol. The van der Waals surface area contributed by atoms with Crippen molar-refractivity contribution in [3.05, 3.63) is 95.8 Å². The molecule has 4 aromatic rings. The van der Waals surface area contributed by atoms with Crippen LogP contribution in [0.2, 0.25) is 0 Å². The summed E-state index contributed by atoms with van der Waals surface area (Å²) in [6, 6.07) is 22.3. The molecule has 4 rings (SSSR count). The van der Waals surface area contributed by atoms with E-state index in [2.05, 4.69) is 52.0 Å². The van der Waals surface area contributed by atoms with Gasteiger partial charge in [0.05, 0.1) is 19.2 Å². The number of anilines is 1. The van der Waals surface area contributed by atoms with Crippen LogP contribution in [0.1, 0.15) is 21.5 Å². The van der Waals surface area contributed by atoms with Gasteiger partial charge in [-0.05, 0) is 28.0 Å². The van der Waals surface area contributed by atoms with Gasteiger partial charge in [-0.2, -0.15) is 0 Å². The standard InChI is InChI=1S/C24H23N3O2/c1-26(16-19-9-4-6-13-22(19)23(28)29-2)24-25-14-15-27(24)17-20-11-7-10-18-8-3-5-12-21(18)20/h3-15H,16-17H2,1-2H3. The fourth-order valence-corrected chi connectivity index (χ4v) is 3.67. The fraction of sp³-hybridized carbons (Fsp3) is 0.167. The van der Waals surface area contributed by atoms with Crippen molar-refractivity contribution in [1.82, 2.24) is 9.55 Å². The lowest BCUT2D eigenvalue weighted by atomic mass is 10.0. The molecule has 3 aromatic carbocycles. The van der Waals surface area contributed by atoms with Gasteiger partial charge in [0.25, 0.3) is 0 Å². The first-order chi connectivity index (χ1) is 14.2. The van der Waals surface area contributed by atoms with Gasteiger partial charge in [-0.3, -0.25) is 0 Å². The molecule has 1 heterocycles. The minimum Gasteiger partial charge on any atom is -0.465 e. The lowest BCUT2D eigenvalue weighted by Crippen LogP contribution is -2.22. The molecule has 5 heteroatoms. The molecule has 0 fully saturated rings. The highest BCUT2D eigenvalue weighted by atomic mass is 16.5. The SMILES string of the molecule is COC(=O)c1ccccc1CN(C)c1nccn1Cc1cccc2ccccc12. The highest BCUT2D eigenvalue weighted by molar-refractivity contribution is 5.91. The van der Waals surface area contributed by atoms with Crippen molar-refractivity contribution in [1.29, 1.82) is 0 Å². The first-order valence-corrected chi connectivity index (χ1v) is 9.52. The van der Waals surface area contributed by atoms with Crippen molar-refractivity contribution >= 4 is 22.7 Å². The van der Waals surface area contributed by atoms with Gasteiger partial charge in [0.1, 0.15) is 0 Å². The van der Waals surface area contributed by atoms with Gasteiger partial charge >= 0.3 is 5.97 Å². The molecule has 0 spiro atoms. The molecule has 146 valence electrons. The predicted molar refractivity (Wildman–Crippen MR) is 115 cm³/mol. The number of nitrogens with zero attached hydrogens (tertiary/aromatic N) is 3. The molecule has 0 aliphatic heterocycles. The number of methoxy groups -OCH3 is 1. The van der Waals surface area contributed by atoms with E-state index in [0.29, 0.717) is 12.1 Å². The lowest BCUT2D eigenvalue weighted by molar-refractivity contribution is 0.0599. The largest absolute Gasteiger partial charge is 0.465 e. The number of aromatic nitrogens is 2. The van der Waals surface area contributed by atoms with E-state index in [-0.39, 0.29) is 5.97 Å². The number of hydrogen-bond donors (Lipinski definition) is 0. The van der Waals surface area contributed by atoms with Crippen molar-refractivity contribution in [3.8, 4) is 0 Å². The maximum Gasteiger partial charge on any atom is 0.338 e. The van der Waals surface area contributed by atoms with E-state index < -0.39 is 0 Å². The normalized spacial score (nSPS) is 10.8. The summed E-state index contributed by atoms with van der Waals surface area (Å²) in [7, 11) is 3.38. The summed E-state index contributed by atoms with van der Waals surface area (Å²) in [6.07, 6.45) is 3.79. The molecule has 0 aliphatic rings. The van der Waals surface area contributed by atoms with E-state index in [9.17, 15) is 4.79 Å². The summed E-state index contributed by atoms with van der Waals surface area (Å²) >= 11 is 0. The summed E-state index contributed by atoms with van der Waals surface area (Å²) in [5, 5.41) is 2.47. The number of benzene rings is 3. The van der Waals surface area contributed by atoms with Crippen molar-refractivity contribution < 1.29 is 9.53 Å². The predicted octanol–water partition coefficient (Wildman–Crippen LogP) is 4.51. The van der Waals surface area contributed by atoms with Crippen molar-refractivity contribution in [3.63, 3.8) is 0 Å². The Morgan fingerprint density at radius 1 is 1.00 bits per heavy atom. The van der Waals surface area contributed by atoms with E-state index in [1.807, 2.05) is 42.5 Å². The Hall–Kier alpha value is -3.60. The highest BCUT2D eigenvalue weighted by Crippen LogP contribution is 2.22. The van der Waals surface area contributed by atoms with Gasteiger partial charge in [0, 0.05) is 26.0 Å². The number of ether oxygens (including phenoxy) is 1. The van der Waals surface area contributed by atoms with Crippen molar-refractivity contribution in [2.75, 3.05) is 19.1 Å². The third-order valence-electron chi connectivity index (χ3n) is 5.09. The minimum absolute atomic E-state index is 0.326. The topological polar surface area (TPSA) is 47.4 Å². The minimum atomic E-state index is -0.326. The molecule has 0 saturated carbocycles. The molecule has 0 saturated heterocycles. The van der Waals surface area contributed by atoms with Crippen LogP contribution in [0.4, 0.5) is 5.95 Å². The number of carbonyl (C=O) groups is 1. The van der Waals surface area contributed by atoms with Crippen LogP contribution in [-0.4, -0.2) is 29.7 Å². The average Bonchev–Trinajstić information content (AvgIpc) is 3.22. The van der Waals surface area contributed by atoms with Crippen LogP contribution in [0, 0.1) is 0 Å². The Morgan fingerprint density at radius 2 is 1.72 bits per heavy atom. The van der Waals surface area contributed by atoms with Crippen LogP contribution in [0.3, 0.4) is 0 Å². The zero-order valence-corrected chi connectivity index (χ0v) is 16.6. The van der Waals surface area contributed by atoms with Crippen LogP contribution in [0.15, 0.2) is 79.1 Å². The number of esters is 1. The summed E-state index contributed by atoms with van der Waals surface area (Å²) in [4.78, 5) is 18.7. The zero-order chi connectivity index (χ0) is 20.2. The number of fused-ring (bicyclic) bond motifs is 1. The maximum absolute atomic E-state index is 12.1. The molecule has 0 amide bonds. The Kier molecular flexibility index (Phi) is 5.29. The summed E-state index contributed by atoms with van der Waals surface area (Å²) < 4.78 is 7.04. The highest BCUT2D eigenvalue weighted by Gasteiger charge is 2.15. The summed E-state index contributed by atoms with van der Waals surface area (Å²) in [5.74, 6) is 0.519. The number of carbonyl (C=O) groups excluding carboxylic acids is 1. The maximum atomic E-state index is 12.1. The second-order valence-electron chi connectivity index (χ2n) is 7.00. The molecular formula is C24H23N3O2. The first kappa shape index (κ1) is 18.7. The van der Waals surface area contributed by atoms with Crippen molar-refractivity contribution in [2.45, 2.75) is 13.1 Å². The Labute approximate surface area is 170 Å². The van der Waals surface area contributed by atoms with Gasteiger partial charge in [-0.25, -0.2) is 9.78 Å². The molecule has 1 aromatic heterocycles. The van der Waals surface area contributed by atoms with Crippen molar-refractivity contribution in [2.24, 2.45) is 0 Å². The van der Waals surface area contributed by atoms with Crippen LogP contribution in [0.5, 0.6) is 0 Å². The summed E-state index contributed by atoms with van der Waals surface area (Å²) in [5.41, 5.74) is 2.72. The van der Waals surface area contributed by atoms with Crippen LogP contribution >= 0.6 is 0 Å². The zero-order valence-electron chi connectivity index (χ0n) is 16.6. The van der Waals surface area contributed by atoms with Gasteiger partial charge < -0.3 is 14.2 Å². The molecule has 0 unspecified atom stereocenters. The second-order valence-corrected chi connectivity index (χ2v) is 7.00. The van der Waals surface area contributed by atoms with E-state index in [4.69, 9.17) is 4.74 Å². The second kappa shape index (κ2) is 8.19. The van der Waals surface area contributed by atoms with Crippen LogP contribution in [0.25, 0.3) is 10.8 Å². The Bertz CT molecular complexity index is 1140. The molecule has 0 radical (unpaired) electrons. The smallest absolute Gasteiger partial charge is 0.338 e. The third kappa shape index (κ3) is 3.85. The molecule has 29 heavy (non-hydrogen) atoms. The lowest BCUT2D eigenvalue weighted by Gasteiger charge is -2.21. The molecule has 5 nitrogen and oxygen atoms in total. The fourth-order valence-electron chi connectivity index (χ4n) is 3.67. The monoisotopic (exact) mass is 385 g/mol. The molecule has 0 N–H and O–H groups in total. The third-order valence-corrected chi connectivity index (χ3v) is 5.09. The molecule has 0 atom stereocenters. The van der Waals surface area contributed by atoms with Crippen LogP contribution in [-0.2, 0) is 17.8 Å².